The van der Waals surface area contributed by atoms with E-state index in [1.165, 1.54) is 11.3 Å². The highest BCUT2D eigenvalue weighted by Gasteiger charge is 2.31. The maximum absolute atomic E-state index is 13.4. The SMILES string of the molecule is CC[C@@H](C(=O)NC1CCCCC1)N(Cc1c(Cl)cccc1Cl)C(=O)COc1ccccc1OC. The smallest absolute Gasteiger partial charge is 0.261 e. The summed E-state index contributed by atoms with van der Waals surface area (Å²) in [5.41, 5.74) is 0.598. The normalized spacial score (nSPS) is 14.8. The van der Waals surface area contributed by atoms with Crippen LogP contribution in [0.25, 0.3) is 0 Å². The van der Waals surface area contributed by atoms with E-state index in [0.29, 0.717) is 33.5 Å². The number of benzene rings is 2. The highest BCUT2D eigenvalue weighted by molar-refractivity contribution is 6.36. The molecule has 1 atom stereocenters. The first kappa shape index (κ1) is 26.2. The Morgan fingerprint density at radius 3 is 2.29 bits per heavy atom. The minimum Gasteiger partial charge on any atom is -0.493 e. The van der Waals surface area contributed by atoms with Crippen molar-refractivity contribution in [1.82, 2.24) is 10.2 Å². The van der Waals surface area contributed by atoms with E-state index < -0.39 is 6.04 Å². The minimum absolute atomic E-state index is 0.100. The molecule has 184 valence electrons. The minimum atomic E-state index is -0.678. The van der Waals surface area contributed by atoms with Gasteiger partial charge in [-0.15, -0.1) is 0 Å². The van der Waals surface area contributed by atoms with Crippen molar-refractivity contribution in [2.24, 2.45) is 0 Å². The van der Waals surface area contributed by atoms with Crippen molar-refractivity contribution in [3.63, 3.8) is 0 Å². The summed E-state index contributed by atoms with van der Waals surface area (Å²) >= 11 is 12.8. The first-order valence-corrected chi connectivity index (χ1v) is 12.5. The zero-order chi connectivity index (χ0) is 24.5. The van der Waals surface area contributed by atoms with Crippen LogP contribution in [-0.4, -0.2) is 42.5 Å². The Morgan fingerprint density at radius 2 is 1.68 bits per heavy atom. The molecule has 8 heteroatoms. The molecule has 0 heterocycles. The number of amides is 2. The Hall–Kier alpha value is -2.44. The maximum atomic E-state index is 13.4. The highest BCUT2D eigenvalue weighted by atomic mass is 35.5. The van der Waals surface area contributed by atoms with Crippen LogP contribution in [0, 0.1) is 0 Å². The molecule has 1 saturated carbocycles. The predicted molar refractivity (Wildman–Crippen MR) is 135 cm³/mol. The van der Waals surface area contributed by atoms with Gasteiger partial charge in [0.25, 0.3) is 5.91 Å². The molecule has 1 N–H and O–H groups in total. The van der Waals surface area contributed by atoms with Crippen LogP contribution < -0.4 is 14.8 Å². The summed E-state index contributed by atoms with van der Waals surface area (Å²) in [7, 11) is 1.54. The summed E-state index contributed by atoms with van der Waals surface area (Å²) in [5.74, 6) is 0.475. The lowest BCUT2D eigenvalue weighted by molar-refractivity contribution is -0.143. The van der Waals surface area contributed by atoms with Crippen molar-refractivity contribution < 1.29 is 19.1 Å². The van der Waals surface area contributed by atoms with E-state index >= 15 is 0 Å². The molecule has 0 bridgehead atoms. The fraction of sp³-hybridized carbons (Fsp3) is 0.462. The number of carbonyl (C=O) groups is 2. The van der Waals surface area contributed by atoms with E-state index in [1.54, 1.807) is 43.5 Å². The van der Waals surface area contributed by atoms with Crippen LogP contribution >= 0.6 is 23.2 Å². The van der Waals surface area contributed by atoms with Crippen molar-refractivity contribution in [1.29, 1.82) is 0 Å². The van der Waals surface area contributed by atoms with Crippen LogP contribution in [-0.2, 0) is 16.1 Å². The Bertz CT molecular complexity index is 959. The van der Waals surface area contributed by atoms with Crippen LogP contribution in [0.5, 0.6) is 11.5 Å². The number of halogens is 2. The Kier molecular flexibility index (Phi) is 9.90. The Balaban J connectivity index is 1.82. The standard InChI is InChI=1S/C26H32Cl2N2O4/c1-3-22(26(32)29-18-10-5-4-6-11-18)30(16-19-20(27)12-9-13-21(19)28)25(31)17-34-24-15-8-7-14-23(24)33-2/h7-9,12-15,18,22H,3-6,10-11,16-17H2,1-2H3,(H,29,32)/t22-/m0/s1. The van der Waals surface area contributed by atoms with Crippen LogP contribution in [0.2, 0.25) is 10.0 Å². The largest absolute Gasteiger partial charge is 0.493 e. The molecule has 3 rings (SSSR count). The van der Waals surface area contributed by atoms with Gasteiger partial charge in [-0.2, -0.15) is 0 Å². The molecular formula is C26H32Cl2N2O4. The van der Waals surface area contributed by atoms with Crippen molar-refractivity contribution in [2.75, 3.05) is 13.7 Å². The number of rotatable bonds is 10. The second kappa shape index (κ2) is 12.9. The van der Waals surface area contributed by atoms with Crippen LogP contribution in [0.3, 0.4) is 0 Å². The lowest BCUT2D eigenvalue weighted by Crippen LogP contribution is -2.52. The molecule has 2 aromatic rings. The molecule has 1 aliphatic rings. The molecule has 1 fully saturated rings. The van der Waals surface area contributed by atoms with E-state index in [-0.39, 0.29) is 31.0 Å². The Morgan fingerprint density at radius 1 is 1.03 bits per heavy atom. The summed E-state index contributed by atoms with van der Waals surface area (Å²) in [5, 5.41) is 4.04. The Labute approximate surface area is 211 Å². The summed E-state index contributed by atoms with van der Waals surface area (Å²) in [6.07, 6.45) is 5.77. The quantitative estimate of drug-likeness (QED) is 0.452. The molecule has 2 aromatic carbocycles. The van der Waals surface area contributed by atoms with E-state index in [1.807, 2.05) is 13.0 Å². The highest BCUT2D eigenvalue weighted by Crippen LogP contribution is 2.28. The molecule has 0 saturated heterocycles. The van der Waals surface area contributed by atoms with E-state index in [9.17, 15) is 9.59 Å². The van der Waals surface area contributed by atoms with Crippen molar-refractivity contribution in [3.05, 3.63) is 58.1 Å². The summed E-state index contributed by atoms with van der Waals surface area (Å²) in [6, 6.07) is 11.8. The number of para-hydroxylation sites is 2. The van der Waals surface area contributed by atoms with Crippen molar-refractivity contribution in [2.45, 2.75) is 64.1 Å². The molecule has 0 radical (unpaired) electrons. The number of hydrogen-bond acceptors (Lipinski definition) is 4. The fourth-order valence-electron chi connectivity index (χ4n) is 4.28. The molecule has 6 nitrogen and oxygen atoms in total. The second-order valence-corrected chi connectivity index (χ2v) is 9.24. The van der Waals surface area contributed by atoms with Crippen LogP contribution in [0.4, 0.5) is 0 Å². The zero-order valence-electron chi connectivity index (χ0n) is 19.7. The number of methoxy groups -OCH3 is 1. The summed E-state index contributed by atoms with van der Waals surface area (Å²) < 4.78 is 11.1. The third-order valence-electron chi connectivity index (χ3n) is 6.15. The van der Waals surface area contributed by atoms with Gasteiger partial charge >= 0.3 is 0 Å². The maximum Gasteiger partial charge on any atom is 0.261 e. The summed E-state index contributed by atoms with van der Waals surface area (Å²) in [4.78, 5) is 28.2. The van der Waals surface area contributed by atoms with Gasteiger partial charge in [0, 0.05) is 28.2 Å². The molecule has 34 heavy (non-hydrogen) atoms. The lowest BCUT2D eigenvalue weighted by atomic mass is 9.95. The number of hydrogen-bond donors (Lipinski definition) is 1. The van der Waals surface area contributed by atoms with E-state index in [0.717, 1.165) is 25.7 Å². The van der Waals surface area contributed by atoms with Gasteiger partial charge in [-0.05, 0) is 43.5 Å². The average molecular weight is 507 g/mol. The van der Waals surface area contributed by atoms with Gasteiger partial charge in [-0.3, -0.25) is 9.59 Å². The third-order valence-corrected chi connectivity index (χ3v) is 6.86. The number of ether oxygens (including phenoxy) is 2. The van der Waals surface area contributed by atoms with E-state index in [4.69, 9.17) is 32.7 Å². The van der Waals surface area contributed by atoms with Gasteiger partial charge in [-0.25, -0.2) is 0 Å². The van der Waals surface area contributed by atoms with Gasteiger partial charge in [0.05, 0.1) is 7.11 Å². The number of nitrogens with zero attached hydrogens (tertiary/aromatic N) is 1. The molecule has 0 aliphatic heterocycles. The molecule has 2 amide bonds. The zero-order valence-corrected chi connectivity index (χ0v) is 21.2. The monoisotopic (exact) mass is 506 g/mol. The third kappa shape index (κ3) is 6.80. The molecular weight excluding hydrogens is 475 g/mol. The van der Waals surface area contributed by atoms with Gasteiger partial charge in [0.2, 0.25) is 5.91 Å². The lowest BCUT2D eigenvalue weighted by Gasteiger charge is -2.33. The van der Waals surface area contributed by atoms with Crippen LogP contribution in [0.1, 0.15) is 51.0 Å². The molecule has 1 aliphatic carbocycles. The van der Waals surface area contributed by atoms with E-state index in [2.05, 4.69) is 5.32 Å². The average Bonchev–Trinajstić information content (AvgIpc) is 2.85. The fourth-order valence-corrected chi connectivity index (χ4v) is 4.79. The molecule has 0 aromatic heterocycles. The van der Waals surface area contributed by atoms with Gasteiger partial charge in [-0.1, -0.05) is 67.6 Å². The summed E-state index contributed by atoms with van der Waals surface area (Å²) in [6.45, 7) is 1.74. The first-order chi connectivity index (χ1) is 16.4. The van der Waals surface area contributed by atoms with Crippen molar-refractivity contribution >= 4 is 35.0 Å². The van der Waals surface area contributed by atoms with Crippen molar-refractivity contribution in [3.8, 4) is 11.5 Å². The molecule has 0 unspecified atom stereocenters. The predicted octanol–water partition coefficient (Wildman–Crippen LogP) is 5.64. The van der Waals surface area contributed by atoms with Crippen LogP contribution in [0.15, 0.2) is 42.5 Å². The first-order valence-electron chi connectivity index (χ1n) is 11.7. The molecule has 0 spiro atoms. The number of carbonyl (C=O) groups excluding carboxylic acids is 2. The van der Waals surface area contributed by atoms with Gasteiger partial charge in [0.1, 0.15) is 6.04 Å². The second-order valence-electron chi connectivity index (χ2n) is 8.43. The number of nitrogens with one attached hydrogen (secondary N) is 1. The van der Waals surface area contributed by atoms with Gasteiger partial charge in [0.15, 0.2) is 18.1 Å². The topological polar surface area (TPSA) is 67.9 Å². The van der Waals surface area contributed by atoms with Gasteiger partial charge < -0.3 is 19.7 Å².